The summed E-state index contributed by atoms with van der Waals surface area (Å²) in [4.78, 5) is 0. The van der Waals surface area contributed by atoms with Crippen molar-refractivity contribution in [2.24, 2.45) is 0 Å². The Bertz CT molecular complexity index is 331. The molecule has 17 heavy (non-hydrogen) atoms. The van der Waals surface area contributed by atoms with Crippen LogP contribution in [-0.2, 0) is 20.8 Å². The van der Waals surface area contributed by atoms with Crippen molar-refractivity contribution in [3.63, 3.8) is 0 Å². The number of hydrogen-bond acceptors (Lipinski definition) is 3. The Balaban J connectivity index is 1.80. The lowest BCUT2D eigenvalue weighted by molar-refractivity contribution is -0.249. The molecule has 0 aliphatic carbocycles. The average molecular weight is 257 g/mol. The molecule has 1 aromatic rings. The molecule has 1 saturated heterocycles. The maximum atomic E-state index is 5.78. The minimum Gasteiger partial charge on any atom is -0.368 e. The zero-order valence-electron chi connectivity index (χ0n) is 9.84. The SMILES string of the molecule is C[C@H]1O[C@@H](CCl)OC[C@H]1OCc1ccccc1. The van der Waals surface area contributed by atoms with Gasteiger partial charge in [-0.2, -0.15) is 0 Å². The fourth-order valence-electron chi connectivity index (χ4n) is 1.75. The number of halogens is 1. The number of rotatable bonds is 4. The van der Waals surface area contributed by atoms with E-state index in [1.54, 1.807) is 0 Å². The molecular weight excluding hydrogens is 240 g/mol. The predicted molar refractivity (Wildman–Crippen MR) is 66.0 cm³/mol. The van der Waals surface area contributed by atoms with E-state index in [1.165, 1.54) is 0 Å². The van der Waals surface area contributed by atoms with E-state index in [-0.39, 0.29) is 18.5 Å². The zero-order chi connectivity index (χ0) is 12.1. The number of benzene rings is 1. The number of ether oxygens (including phenoxy) is 3. The van der Waals surface area contributed by atoms with E-state index in [0.717, 1.165) is 5.56 Å². The lowest BCUT2D eigenvalue weighted by atomic mass is 10.2. The van der Waals surface area contributed by atoms with E-state index < -0.39 is 0 Å². The molecule has 2 rings (SSSR count). The second-order valence-electron chi connectivity index (χ2n) is 4.09. The second-order valence-corrected chi connectivity index (χ2v) is 4.40. The Kier molecular flexibility index (Phi) is 4.80. The third-order valence-electron chi connectivity index (χ3n) is 2.77. The molecule has 0 bridgehead atoms. The van der Waals surface area contributed by atoms with E-state index in [4.69, 9.17) is 25.8 Å². The van der Waals surface area contributed by atoms with Crippen molar-refractivity contribution < 1.29 is 14.2 Å². The van der Waals surface area contributed by atoms with Gasteiger partial charge in [-0.3, -0.25) is 0 Å². The Labute approximate surface area is 107 Å². The molecule has 3 nitrogen and oxygen atoms in total. The van der Waals surface area contributed by atoms with Crippen LogP contribution in [0.1, 0.15) is 12.5 Å². The molecule has 1 aliphatic heterocycles. The molecule has 0 unspecified atom stereocenters. The van der Waals surface area contributed by atoms with Crippen LogP contribution >= 0.6 is 11.6 Å². The highest BCUT2D eigenvalue weighted by molar-refractivity contribution is 6.18. The summed E-state index contributed by atoms with van der Waals surface area (Å²) in [6.07, 6.45) is -0.325. The average Bonchev–Trinajstić information content (AvgIpc) is 2.38. The van der Waals surface area contributed by atoms with Gasteiger partial charge in [0.2, 0.25) is 0 Å². The molecule has 1 aromatic carbocycles. The van der Waals surface area contributed by atoms with Crippen LogP contribution in [0.2, 0.25) is 0 Å². The van der Waals surface area contributed by atoms with Gasteiger partial charge in [0, 0.05) is 0 Å². The first-order valence-corrected chi connectivity index (χ1v) is 6.31. The molecule has 1 fully saturated rings. The summed E-state index contributed by atoms with van der Waals surface area (Å²) in [5, 5.41) is 0. The molecule has 94 valence electrons. The summed E-state index contributed by atoms with van der Waals surface area (Å²) in [6.45, 7) is 3.09. The summed E-state index contributed by atoms with van der Waals surface area (Å²) < 4.78 is 16.8. The van der Waals surface area contributed by atoms with Gasteiger partial charge in [0.1, 0.15) is 6.10 Å². The summed E-state index contributed by atoms with van der Waals surface area (Å²) in [5.74, 6) is 0.357. The highest BCUT2D eigenvalue weighted by Crippen LogP contribution is 2.17. The van der Waals surface area contributed by atoms with Crippen LogP contribution in [0.3, 0.4) is 0 Å². The van der Waals surface area contributed by atoms with Gasteiger partial charge < -0.3 is 14.2 Å². The fourth-order valence-corrected chi connectivity index (χ4v) is 1.91. The first-order valence-electron chi connectivity index (χ1n) is 5.78. The van der Waals surface area contributed by atoms with Crippen molar-refractivity contribution in [1.29, 1.82) is 0 Å². The Morgan fingerprint density at radius 3 is 2.76 bits per heavy atom. The van der Waals surface area contributed by atoms with Gasteiger partial charge in [0.05, 0.1) is 25.2 Å². The van der Waals surface area contributed by atoms with Crippen molar-refractivity contribution in [2.75, 3.05) is 12.5 Å². The second kappa shape index (κ2) is 6.36. The first-order chi connectivity index (χ1) is 8.29. The van der Waals surface area contributed by atoms with Gasteiger partial charge in [0.25, 0.3) is 0 Å². The smallest absolute Gasteiger partial charge is 0.171 e. The maximum Gasteiger partial charge on any atom is 0.171 e. The molecule has 0 amide bonds. The highest BCUT2D eigenvalue weighted by Gasteiger charge is 2.28. The van der Waals surface area contributed by atoms with Crippen LogP contribution in [0.5, 0.6) is 0 Å². The minimum absolute atomic E-state index is 0.0104. The van der Waals surface area contributed by atoms with Crippen molar-refractivity contribution in [2.45, 2.75) is 32.0 Å². The minimum atomic E-state index is -0.303. The standard InChI is InChI=1S/C13H17ClO3/c1-10-12(9-16-13(7-14)17-10)15-8-11-5-3-2-4-6-11/h2-6,10,12-13H,7-9H2,1H3/t10-,12-,13+/m1/s1. The van der Waals surface area contributed by atoms with Crippen molar-refractivity contribution in [3.05, 3.63) is 35.9 Å². The number of alkyl halides is 1. The molecule has 3 atom stereocenters. The molecule has 1 aliphatic rings. The third-order valence-corrected chi connectivity index (χ3v) is 3.02. The van der Waals surface area contributed by atoms with Gasteiger partial charge in [-0.25, -0.2) is 0 Å². The topological polar surface area (TPSA) is 27.7 Å². The molecular formula is C13H17ClO3. The summed E-state index contributed by atoms with van der Waals surface area (Å²) in [7, 11) is 0. The summed E-state index contributed by atoms with van der Waals surface area (Å²) in [6, 6.07) is 10.1. The Morgan fingerprint density at radius 1 is 1.35 bits per heavy atom. The highest BCUT2D eigenvalue weighted by atomic mass is 35.5. The van der Waals surface area contributed by atoms with Crippen LogP contribution in [0.4, 0.5) is 0 Å². The third kappa shape index (κ3) is 3.68. The van der Waals surface area contributed by atoms with E-state index >= 15 is 0 Å². The van der Waals surface area contributed by atoms with E-state index in [0.29, 0.717) is 19.1 Å². The van der Waals surface area contributed by atoms with Crippen LogP contribution in [0.25, 0.3) is 0 Å². The normalized spacial score (nSPS) is 29.2. The summed E-state index contributed by atoms with van der Waals surface area (Å²) >= 11 is 5.68. The molecule has 1 heterocycles. The van der Waals surface area contributed by atoms with Gasteiger partial charge in [-0.05, 0) is 12.5 Å². The van der Waals surface area contributed by atoms with Gasteiger partial charge in [-0.15, -0.1) is 11.6 Å². The van der Waals surface area contributed by atoms with Gasteiger partial charge in [-0.1, -0.05) is 30.3 Å². The number of hydrogen-bond donors (Lipinski definition) is 0. The Hall–Kier alpha value is -0.610. The first kappa shape index (κ1) is 12.8. The fraction of sp³-hybridized carbons (Fsp3) is 0.538. The van der Waals surface area contributed by atoms with Gasteiger partial charge >= 0.3 is 0 Å². The van der Waals surface area contributed by atoms with Crippen LogP contribution in [-0.4, -0.2) is 31.0 Å². The van der Waals surface area contributed by atoms with Crippen LogP contribution in [0, 0.1) is 0 Å². The van der Waals surface area contributed by atoms with Crippen LogP contribution in [0.15, 0.2) is 30.3 Å². The van der Waals surface area contributed by atoms with Crippen molar-refractivity contribution in [3.8, 4) is 0 Å². The maximum absolute atomic E-state index is 5.78. The zero-order valence-corrected chi connectivity index (χ0v) is 10.6. The van der Waals surface area contributed by atoms with E-state index in [2.05, 4.69) is 0 Å². The quantitative estimate of drug-likeness (QED) is 0.775. The lowest BCUT2D eigenvalue weighted by Gasteiger charge is -2.33. The molecule has 0 radical (unpaired) electrons. The van der Waals surface area contributed by atoms with Gasteiger partial charge in [0.15, 0.2) is 6.29 Å². The van der Waals surface area contributed by atoms with Crippen molar-refractivity contribution >= 4 is 11.6 Å². The molecule has 4 heteroatoms. The van der Waals surface area contributed by atoms with Crippen molar-refractivity contribution in [1.82, 2.24) is 0 Å². The Morgan fingerprint density at radius 2 is 2.12 bits per heavy atom. The molecule has 0 saturated carbocycles. The molecule has 0 aromatic heterocycles. The largest absolute Gasteiger partial charge is 0.368 e. The predicted octanol–water partition coefficient (Wildman–Crippen LogP) is 2.57. The van der Waals surface area contributed by atoms with Crippen LogP contribution < -0.4 is 0 Å². The molecule has 0 N–H and O–H groups in total. The van der Waals surface area contributed by atoms with E-state index in [9.17, 15) is 0 Å². The monoisotopic (exact) mass is 256 g/mol. The van der Waals surface area contributed by atoms with E-state index in [1.807, 2.05) is 37.3 Å². The molecule has 0 spiro atoms. The summed E-state index contributed by atoms with van der Waals surface area (Å²) in [5.41, 5.74) is 1.15. The lowest BCUT2D eigenvalue weighted by Crippen LogP contribution is -2.44.